The fourth-order valence-corrected chi connectivity index (χ4v) is 6.93. The first-order chi connectivity index (χ1) is 22.4. The number of hydrogen-bond acceptors (Lipinski definition) is 12. The van der Waals surface area contributed by atoms with E-state index in [9.17, 15) is 28.1 Å². The van der Waals surface area contributed by atoms with Crippen molar-refractivity contribution < 1.29 is 32.6 Å². The lowest BCUT2D eigenvalue weighted by atomic mass is 10.1. The van der Waals surface area contributed by atoms with Gasteiger partial charge in [-0.05, 0) is 50.3 Å². The average Bonchev–Trinajstić information content (AvgIpc) is 3.35. The molecule has 4 rings (SSSR count). The van der Waals surface area contributed by atoms with Gasteiger partial charge in [-0.1, -0.05) is 20.3 Å². The van der Waals surface area contributed by atoms with E-state index >= 15 is 0 Å². The van der Waals surface area contributed by atoms with Gasteiger partial charge in [0.25, 0.3) is 10.6 Å². The monoisotopic (exact) mass is 677 g/mol. The standard InChI is InChI=1S/C30H43N7O9S/c1-5-8-24-27-28(34(4)33-24)30(39)32-29(31-27)23-19-22(11-12-25(23)44-6-2)47(42,43)36-15-13-35(14-16-36)17-18-45-26(38)10-7-9-21(3)20-46-37(40)41/h11-12,19,21H,5-10,13-18,20H2,1-4H3,(H,31,32,39)/t21-/m0/s1. The molecule has 1 atom stereocenters. The van der Waals surface area contributed by atoms with Crippen molar-refractivity contribution in [1.29, 1.82) is 0 Å². The number of piperazine rings is 1. The smallest absolute Gasteiger partial charge is 0.305 e. The van der Waals surface area contributed by atoms with Gasteiger partial charge in [0.2, 0.25) is 10.0 Å². The van der Waals surface area contributed by atoms with E-state index in [1.807, 2.05) is 25.7 Å². The molecule has 0 bridgehead atoms. The Labute approximate surface area is 273 Å². The van der Waals surface area contributed by atoms with Crippen molar-refractivity contribution in [3.8, 4) is 17.1 Å². The Hall–Kier alpha value is -4.09. The van der Waals surface area contributed by atoms with E-state index in [1.54, 1.807) is 13.1 Å². The highest BCUT2D eigenvalue weighted by molar-refractivity contribution is 7.89. The third-order valence-corrected chi connectivity index (χ3v) is 9.83. The highest BCUT2D eigenvalue weighted by atomic mass is 32.2. The zero-order valence-corrected chi connectivity index (χ0v) is 28.1. The molecule has 1 aromatic carbocycles. The van der Waals surface area contributed by atoms with Crippen LogP contribution in [0.2, 0.25) is 0 Å². The van der Waals surface area contributed by atoms with E-state index in [2.05, 4.69) is 14.9 Å². The Kier molecular flexibility index (Phi) is 12.3. The maximum absolute atomic E-state index is 13.7. The van der Waals surface area contributed by atoms with Crippen molar-refractivity contribution in [2.24, 2.45) is 13.0 Å². The average molecular weight is 678 g/mol. The lowest BCUT2D eigenvalue weighted by Gasteiger charge is -2.33. The summed E-state index contributed by atoms with van der Waals surface area (Å²) in [5.74, 6) is 0.198. The van der Waals surface area contributed by atoms with Gasteiger partial charge in [0.05, 0.1) is 29.4 Å². The summed E-state index contributed by atoms with van der Waals surface area (Å²) in [4.78, 5) is 49.4. The maximum Gasteiger partial charge on any atom is 0.305 e. The first-order valence-electron chi connectivity index (χ1n) is 15.8. The number of aromatic amines is 1. The number of aromatic nitrogens is 4. The second-order valence-electron chi connectivity index (χ2n) is 11.5. The molecule has 0 spiro atoms. The number of sulfonamides is 1. The van der Waals surface area contributed by atoms with E-state index in [0.29, 0.717) is 73.5 Å². The van der Waals surface area contributed by atoms with Gasteiger partial charge in [0, 0.05) is 46.2 Å². The number of benzene rings is 1. The van der Waals surface area contributed by atoms with Crippen LogP contribution in [0, 0.1) is 16.0 Å². The Morgan fingerprint density at radius 1 is 1.19 bits per heavy atom. The highest BCUT2D eigenvalue weighted by Crippen LogP contribution is 2.32. The van der Waals surface area contributed by atoms with E-state index in [1.165, 1.54) is 21.1 Å². The molecule has 1 saturated heterocycles. The molecule has 3 heterocycles. The van der Waals surface area contributed by atoms with Crippen LogP contribution in [0.15, 0.2) is 27.9 Å². The fourth-order valence-electron chi connectivity index (χ4n) is 5.49. The molecule has 0 radical (unpaired) electrons. The molecule has 0 saturated carbocycles. The maximum atomic E-state index is 13.7. The molecule has 2 aromatic heterocycles. The van der Waals surface area contributed by atoms with Crippen molar-refractivity contribution >= 4 is 27.0 Å². The highest BCUT2D eigenvalue weighted by Gasteiger charge is 2.30. The summed E-state index contributed by atoms with van der Waals surface area (Å²) < 4.78 is 41.5. The number of carbonyl (C=O) groups is 1. The second kappa shape index (κ2) is 16.1. The predicted molar refractivity (Wildman–Crippen MR) is 172 cm³/mol. The number of aryl methyl sites for hydroxylation is 2. The zero-order chi connectivity index (χ0) is 34.1. The molecule has 3 aromatic rings. The molecule has 1 aliphatic rings. The van der Waals surface area contributed by atoms with Crippen LogP contribution in [0.4, 0.5) is 0 Å². The molecule has 1 aliphatic heterocycles. The Morgan fingerprint density at radius 3 is 2.62 bits per heavy atom. The molecule has 1 N–H and O–H groups in total. The number of fused-ring (bicyclic) bond motifs is 1. The van der Waals surface area contributed by atoms with Crippen LogP contribution in [0.3, 0.4) is 0 Å². The number of nitrogens with one attached hydrogen (secondary N) is 1. The van der Waals surface area contributed by atoms with Gasteiger partial charge in [0.1, 0.15) is 23.7 Å². The van der Waals surface area contributed by atoms with Crippen LogP contribution in [0.1, 0.15) is 52.1 Å². The van der Waals surface area contributed by atoms with Gasteiger partial charge in [-0.2, -0.15) is 9.40 Å². The summed E-state index contributed by atoms with van der Waals surface area (Å²) in [5.41, 5.74) is 1.49. The van der Waals surface area contributed by atoms with E-state index in [-0.39, 0.29) is 60.9 Å². The third-order valence-electron chi connectivity index (χ3n) is 7.94. The van der Waals surface area contributed by atoms with Crippen molar-refractivity contribution in [3.05, 3.63) is 44.4 Å². The summed E-state index contributed by atoms with van der Waals surface area (Å²) in [5, 5.41) is 13.9. The third kappa shape index (κ3) is 9.04. The minimum atomic E-state index is -3.89. The molecule has 0 aliphatic carbocycles. The molecule has 16 nitrogen and oxygen atoms in total. The topological polar surface area (TPSA) is 192 Å². The van der Waals surface area contributed by atoms with E-state index in [0.717, 1.165) is 6.42 Å². The SMILES string of the molecule is CCCc1nn(C)c2c(=O)[nH]c(-c3cc(S(=O)(=O)N4CCN(CCOC(=O)CCC[C@H](C)CO[N+](=O)[O-])CC4)ccc3OCC)nc12. The molecule has 17 heteroatoms. The van der Waals surface area contributed by atoms with Gasteiger partial charge in [-0.25, -0.2) is 13.4 Å². The summed E-state index contributed by atoms with van der Waals surface area (Å²) in [7, 11) is -2.20. The van der Waals surface area contributed by atoms with Gasteiger partial charge in [-0.3, -0.25) is 19.2 Å². The van der Waals surface area contributed by atoms with Crippen molar-refractivity contribution in [1.82, 2.24) is 29.0 Å². The van der Waals surface area contributed by atoms with Crippen LogP contribution in [-0.2, 0) is 37.9 Å². The molecule has 47 heavy (non-hydrogen) atoms. The number of carbonyl (C=O) groups excluding carboxylic acids is 1. The first-order valence-corrected chi connectivity index (χ1v) is 17.3. The number of ether oxygens (including phenoxy) is 2. The molecular weight excluding hydrogens is 634 g/mol. The van der Waals surface area contributed by atoms with Crippen LogP contribution in [-0.4, -0.2) is 101 Å². The number of H-pyrrole nitrogens is 1. The minimum Gasteiger partial charge on any atom is -0.493 e. The fraction of sp³-hybridized carbons (Fsp3) is 0.600. The summed E-state index contributed by atoms with van der Waals surface area (Å²) in [6.07, 6.45) is 2.80. The Bertz CT molecular complexity index is 1720. The normalized spacial score (nSPS) is 15.1. The minimum absolute atomic E-state index is 0.0101. The van der Waals surface area contributed by atoms with Crippen LogP contribution >= 0.6 is 0 Å². The quantitative estimate of drug-likeness (QED) is 0.125. The van der Waals surface area contributed by atoms with Gasteiger partial charge >= 0.3 is 5.97 Å². The van der Waals surface area contributed by atoms with Crippen LogP contribution in [0.5, 0.6) is 5.75 Å². The van der Waals surface area contributed by atoms with Gasteiger partial charge < -0.3 is 19.3 Å². The number of rotatable bonds is 17. The van der Waals surface area contributed by atoms with Gasteiger partial charge in [-0.15, -0.1) is 10.1 Å². The Morgan fingerprint density at radius 2 is 1.94 bits per heavy atom. The number of esters is 1. The lowest BCUT2D eigenvalue weighted by Crippen LogP contribution is -2.49. The molecule has 0 unspecified atom stereocenters. The predicted octanol–water partition coefficient (Wildman–Crippen LogP) is 2.54. The van der Waals surface area contributed by atoms with Gasteiger partial charge in [0.15, 0.2) is 5.52 Å². The van der Waals surface area contributed by atoms with E-state index in [4.69, 9.17) is 14.5 Å². The zero-order valence-electron chi connectivity index (χ0n) is 27.3. The molecular formula is C30H43N7O9S. The first kappa shape index (κ1) is 35.8. The largest absolute Gasteiger partial charge is 0.493 e. The van der Waals surface area contributed by atoms with E-state index < -0.39 is 15.1 Å². The number of nitrogens with zero attached hydrogens (tertiary/aromatic N) is 6. The lowest BCUT2D eigenvalue weighted by molar-refractivity contribution is -0.759. The van der Waals surface area contributed by atoms with Crippen LogP contribution < -0.4 is 10.3 Å². The molecule has 1 fully saturated rings. The Balaban J connectivity index is 1.37. The molecule has 0 amide bonds. The second-order valence-corrected chi connectivity index (χ2v) is 13.4. The van der Waals surface area contributed by atoms with Crippen LogP contribution in [0.25, 0.3) is 22.4 Å². The summed E-state index contributed by atoms with van der Waals surface area (Å²) in [6, 6.07) is 4.56. The van der Waals surface area contributed by atoms with Crippen molar-refractivity contribution in [2.75, 3.05) is 52.5 Å². The molecule has 258 valence electrons. The summed E-state index contributed by atoms with van der Waals surface area (Å²) >= 11 is 0. The van der Waals surface area contributed by atoms with Crippen molar-refractivity contribution in [3.63, 3.8) is 0 Å². The summed E-state index contributed by atoms with van der Waals surface area (Å²) in [6.45, 7) is 8.03. The van der Waals surface area contributed by atoms with Crippen molar-refractivity contribution in [2.45, 2.75) is 57.8 Å². The number of hydrogen-bond donors (Lipinski definition) is 1.